The molecule has 0 heterocycles. The first-order valence-electron chi connectivity index (χ1n) is 6.46. The molecular formula is C15H19BrN2O. The number of nitrogens with one attached hydrogen (secondary N) is 1. The molecule has 0 bridgehead atoms. The average molecular weight is 323 g/mol. The highest BCUT2D eigenvalue weighted by molar-refractivity contribution is 9.10. The number of halogens is 1. The van der Waals surface area contributed by atoms with Gasteiger partial charge in [-0.15, -0.1) is 0 Å². The van der Waals surface area contributed by atoms with E-state index in [-0.39, 0.29) is 11.9 Å². The lowest BCUT2D eigenvalue weighted by molar-refractivity contribution is -0.129. The molecule has 1 aromatic carbocycles. The molecule has 0 fully saturated rings. The number of amides is 1. The minimum absolute atomic E-state index is 0.105. The molecule has 1 unspecified atom stereocenters. The van der Waals surface area contributed by atoms with E-state index >= 15 is 0 Å². The zero-order valence-corrected chi connectivity index (χ0v) is 13.1. The molecule has 1 rings (SSSR count). The van der Waals surface area contributed by atoms with Crippen molar-refractivity contribution < 1.29 is 4.79 Å². The van der Waals surface area contributed by atoms with Gasteiger partial charge in [0.25, 0.3) is 0 Å². The smallest absolute Gasteiger partial charge is 0.240 e. The zero-order chi connectivity index (χ0) is 14.5. The predicted octanol–water partition coefficient (Wildman–Crippen LogP) is 3.96. The van der Waals surface area contributed by atoms with E-state index < -0.39 is 5.41 Å². The van der Waals surface area contributed by atoms with Gasteiger partial charge in [-0.1, -0.05) is 41.9 Å². The second kappa shape index (κ2) is 6.72. The first-order chi connectivity index (χ1) is 8.99. The van der Waals surface area contributed by atoms with Crippen molar-refractivity contribution in [2.24, 2.45) is 5.41 Å². The Hall–Kier alpha value is -1.34. The third-order valence-electron chi connectivity index (χ3n) is 3.57. The van der Waals surface area contributed by atoms with Crippen molar-refractivity contribution in [1.29, 1.82) is 5.26 Å². The lowest BCUT2D eigenvalue weighted by atomic mass is 9.82. The van der Waals surface area contributed by atoms with E-state index in [0.29, 0.717) is 12.8 Å². The van der Waals surface area contributed by atoms with Crippen molar-refractivity contribution in [3.8, 4) is 6.07 Å². The van der Waals surface area contributed by atoms with Crippen LogP contribution in [0.15, 0.2) is 28.7 Å². The Morgan fingerprint density at radius 2 is 1.89 bits per heavy atom. The van der Waals surface area contributed by atoms with Gasteiger partial charge in [0.05, 0.1) is 12.1 Å². The second-order valence-corrected chi connectivity index (χ2v) is 5.56. The molecule has 0 aliphatic rings. The van der Waals surface area contributed by atoms with E-state index in [0.717, 1.165) is 10.0 Å². The van der Waals surface area contributed by atoms with Crippen LogP contribution in [-0.4, -0.2) is 5.91 Å². The Morgan fingerprint density at radius 3 is 2.32 bits per heavy atom. The molecule has 1 amide bonds. The molecule has 0 saturated carbocycles. The van der Waals surface area contributed by atoms with E-state index in [1.807, 2.05) is 45.0 Å². The normalized spacial score (nSPS) is 12.6. The summed E-state index contributed by atoms with van der Waals surface area (Å²) in [6.45, 7) is 5.67. The summed E-state index contributed by atoms with van der Waals surface area (Å²) in [5.74, 6) is -0.185. The molecule has 0 spiro atoms. The summed E-state index contributed by atoms with van der Waals surface area (Å²) >= 11 is 3.38. The lowest BCUT2D eigenvalue weighted by Gasteiger charge is -2.25. The summed E-state index contributed by atoms with van der Waals surface area (Å²) in [4.78, 5) is 12.3. The number of nitriles is 1. The Morgan fingerprint density at radius 1 is 1.37 bits per heavy atom. The maximum absolute atomic E-state index is 12.3. The van der Waals surface area contributed by atoms with Crippen LogP contribution in [0.5, 0.6) is 0 Å². The second-order valence-electron chi connectivity index (χ2n) is 4.65. The highest BCUT2D eigenvalue weighted by Crippen LogP contribution is 2.27. The maximum atomic E-state index is 12.3. The van der Waals surface area contributed by atoms with Crippen LogP contribution in [0.1, 0.15) is 45.2 Å². The molecule has 0 aliphatic carbocycles. The highest BCUT2D eigenvalue weighted by Gasteiger charge is 2.35. The predicted molar refractivity (Wildman–Crippen MR) is 79.3 cm³/mol. The summed E-state index contributed by atoms with van der Waals surface area (Å²) in [6, 6.07) is 9.85. The van der Waals surface area contributed by atoms with Crippen molar-refractivity contribution in [2.75, 3.05) is 0 Å². The Labute approximate surface area is 123 Å². The molecule has 4 heteroatoms. The summed E-state index contributed by atoms with van der Waals surface area (Å²) < 4.78 is 1.00. The molecule has 102 valence electrons. The van der Waals surface area contributed by atoms with Crippen LogP contribution >= 0.6 is 15.9 Å². The van der Waals surface area contributed by atoms with Crippen LogP contribution in [0.3, 0.4) is 0 Å². The molecule has 3 nitrogen and oxygen atoms in total. The van der Waals surface area contributed by atoms with Gasteiger partial charge < -0.3 is 5.32 Å². The van der Waals surface area contributed by atoms with Gasteiger partial charge in [-0.2, -0.15) is 5.26 Å². The number of hydrogen-bond donors (Lipinski definition) is 1. The lowest BCUT2D eigenvalue weighted by Crippen LogP contribution is -2.40. The Balaban J connectivity index is 2.82. The SMILES string of the molecule is CCC(C#N)(CC)C(=O)NC(C)c1ccc(Br)cc1. The number of carbonyl (C=O) groups is 1. The number of hydrogen-bond acceptors (Lipinski definition) is 2. The van der Waals surface area contributed by atoms with E-state index in [1.54, 1.807) is 0 Å². The van der Waals surface area contributed by atoms with Crippen LogP contribution < -0.4 is 5.32 Å². The maximum Gasteiger partial charge on any atom is 0.240 e. The summed E-state index contributed by atoms with van der Waals surface area (Å²) in [7, 11) is 0. The van der Waals surface area contributed by atoms with Crippen LogP contribution in [-0.2, 0) is 4.79 Å². The summed E-state index contributed by atoms with van der Waals surface area (Å²) in [6.07, 6.45) is 1.05. The first-order valence-corrected chi connectivity index (χ1v) is 7.26. The Kier molecular flexibility index (Phi) is 5.56. The number of benzene rings is 1. The topological polar surface area (TPSA) is 52.9 Å². The summed E-state index contributed by atoms with van der Waals surface area (Å²) in [5.41, 5.74) is 0.111. The quantitative estimate of drug-likeness (QED) is 0.892. The largest absolute Gasteiger partial charge is 0.348 e. The van der Waals surface area contributed by atoms with Crippen LogP contribution in [0.2, 0.25) is 0 Å². The van der Waals surface area contributed by atoms with Gasteiger partial charge in [-0.05, 0) is 37.5 Å². The molecule has 1 N–H and O–H groups in total. The van der Waals surface area contributed by atoms with E-state index in [9.17, 15) is 10.1 Å². The van der Waals surface area contributed by atoms with Crippen LogP contribution in [0.25, 0.3) is 0 Å². The minimum Gasteiger partial charge on any atom is -0.348 e. The fourth-order valence-corrected chi connectivity index (χ4v) is 2.21. The van der Waals surface area contributed by atoms with Crippen molar-refractivity contribution >= 4 is 21.8 Å². The zero-order valence-electron chi connectivity index (χ0n) is 11.5. The monoisotopic (exact) mass is 322 g/mol. The molecule has 1 atom stereocenters. The van der Waals surface area contributed by atoms with Crippen LogP contribution in [0.4, 0.5) is 0 Å². The van der Waals surface area contributed by atoms with Gasteiger partial charge in [0.1, 0.15) is 5.41 Å². The van der Waals surface area contributed by atoms with Crippen molar-refractivity contribution in [3.05, 3.63) is 34.3 Å². The highest BCUT2D eigenvalue weighted by atomic mass is 79.9. The van der Waals surface area contributed by atoms with E-state index in [4.69, 9.17) is 0 Å². The third-order valence-corrected chi connectivity index (χ3v) is 4.10. The molecule has 0 aliphatic heterocycles. The van der Waals surface area contributed by atoms with Crippen molar-refractivity contribution in [1.82, 2.24) is 5.32 Å². The fourth-order valence-electron chi connectivity index (χ4n) is 1.95. The number of rotatable bonds is 5. The van der Waals surface area contributed by atoms with Crippen molar-refractivity contribution in [3.63, 3.8) is 0 Å². The van der Waals surface area contributed by atoms with E-state index in [1.165, 1.54) is 0 Å². The molecule has 19 heavy (non-hydrogen) atoms. The van der Waals surface area contributed by atoms with Gasteiger partial charge in [0, 0.05) is 4.47 Å². The average Bonchev–Trinajstić information content (AvgIpc) is 2.42. The molecule has 1 aromatic rings. The third kappa shape index (κ3) is 3.57. The molecular weight excluding hydrogens is 304 g/mol. The standard InChI is InChI=1S/C15H19BrN2O/c1-4-15(5-2,10-17)14(19)18-11(3)12-6-8-13(16)9-7-12/h6-9,11H,4-5H2,1-3H3,(H,18,19). The van der Waals surface area contributed by atoms with Gasteiger partial charge >= 0.3 is 0 Å². The van der Waals surface area contributed by atoms with Gasteiger partial charge in [0.15, 0.2) is 0 Å². The first kappa shape index (κ1) is 15.7. The minimum atomic E-state index is -0.913. The number of nitrogens with zero attached hydrogens (tertiary/aromatic N) is 1. The molecule has 0 radical (unpaired) electrons. The van der Waals surface area contributed by atoms with E-state index in [2.05, 4.69) is 27.3 Å². The number of carbonyl (C=O) groups excluding carboxylic acids is 1. The van der Waals surface area contributed by atoms with Gasteiger partial charge in [-0.25, -0.2) is 0 Å². The van der Waals surface area contributed by atoms with Crippen molar-refractivity contribution in [2.45, 2.75) is 39.7 Å². The Bertz CT molecular complexity index is 472. The molecule has 0 saturated heterocycles. The summed E-state index contributed by atoms with van der Waals surface area (Å²) in [5, 5.41) is 12.2. The van der Waals surface area contributed by atoms with Crippen LogP contribution in [0, 0.1) is 16.7 Å². The van der Waals surface area contributed by atoms with Gasteiger partial charge in [0.2, 0.25) is 5.91 Å². The molecule has 0 aromatic heterocycles. The van der Waals surface area contributed by atoms with Gasteiger partial charge in [-0.3, -0.25) is 4.79 Å². The fraction of sp³-hybridized carbons (Fsp3) is 0.467.